The standard InChI is InChI=1S/C29H36N2O5S/c1-2-3-9-16-30-17-11-15-29-24(23-22(37-29)14-8-5-10-18-36-28(23)35)26(33)31(25(29)27(30)34)21(19-32)20-12-6-4-7-13-20/h4,6-8,11-15,21-25,32H,2-3,5,9-10,16-19H2,1H3/b14-8-/t21-,22-,23+,24+,25?,29+/m1/s1. The number of aliphatic hydroxyl groups excluding tert-OH is 1. The first kappa shape index (κ1) is 26.0. The molecule has 1 N–H and O–H groups in total. The van der Waals surface area contributed by atoms with Gasteiger partial charge in [-0.1, -0.05) is 74.4 Å². The van der Waals surface area contributed by atoms with Gasteiger partial charge in [-0.2, -0.15) is 0 Å². The first-order chi connectivity index (χ1) is 18.0. The van der Waals surface area contributed by atoms with Gasteiger partial charge in [0.15, 0.2) is 0 Å². The van der Waals surface area contributed by atoms with Gasteiger partial charge in [0, 0.05) is 18.3 Å². The smallest absolute Gasteiger partial charge is 0.311 e. The molecule has 1 aromatic carbocycles. The van der Waals surface area contributed by atoms with E-state index in [1.807, 2.05) is 53.5 Å². The van der Waals surface area contributed by atoms with Crippen LogP contribution in [0.2, 0.25) is 0 Å². The second-order valence-corrected chi connectivity index (χ2v) is 11.8. The molecule has 1 spiro atoms. The van der Waals surface area contributed by atoms with E-state index in [-0.39, 0.29) is 29.6 Å². The molecule has 7 nitrogen and oxygen atoms in total. The molecular formula is C29H36N2O5S. The zero-order valence-electron chi connectivity index (χ0n) is 21.3. The Morgan fingerprint density at radius 3 is 2.70 bits per heavy atom. The molecule has 37 heavy (non-hydrogen) atoms. The zero-order chi connectivity index (χ0) is 26.0. The van der Waals surface area contributed by atoms with E-state index in [1.54, 1.807) is 16.7 Å². The Kier molecular flexibility index (Phi) is 7.77. The number of unbranched alkanes of at least 4 members (excludes halogenated alkanes) is 2. The molecule has 0 radical (unpaired) electrons. The topological polar surface area (TPSA) is 87.2 Å². The molecule has 4 heterocycles. The maximum Gasteiger partial charge on any atom is 0.311 e. The Balaban J connectivity index is 1.62. The van der Waals surface area contributed by atoms with E-state index < -0.39 is 28.7 Å². The van der Waals surface area contributed by atoms with Gasteiger partial charge in [0.2, 0.25) is 11.8 Å². The Hall–Kier alpha value is -2.58. The van der Waals surface area contributed by atoms with Crippen molar-refractivity contribution in [1.82, 2.24) is 9.80 Å². The van der Waals surface area contributed by atoms with Gasteiger partial charge in [0.25, 0.3) is 0 Å². The van der Waals surface area contributed by atoms with Gasteiger partial charge in [0.1, 0.15) is 6.04 Å². The van der Waals surface area contributed by atoms with Crippen LogP contribution in [-0.2, 0) is 19.1 Å². The highest BCUT2D eigenvalue weighted by Gasteiger charge is 2.71. The minimum absolute atomic E-state index is 0.109. The molecular weight excluding hydrogens is 488 g/mol. The fraction of sp³-hybridized carbons (Fsp3) is 0.552. The van der Waals surface area contributed by atoms with Crippen molar-refractivity contribution in [3.8, 4) is 0 Å². The number of likely N-dealkylation sites (tertiary alicyclic amines) is 1. The van der Waals surface area contributed by atoms with Crippen molar-refractivity contribution in [2.45, 2.75) is 61.1 Å². The van der Waals surface area contributed by atoms with E-state index in [1.165, 1.54) is 0 Å². The number of thioether (sulfide) groups is 1. The largest absolute Gasteiger partial charge is 0.465 e. The van der Waals surface area contributed by atoms with Crippen LogP contribution in [0.4, 0.5) is 0 Å². The molecule has 0 aromatic heterocycles. The zero-order valence-corrected chi connectivity index (χ0v) is 22.1. The van der Waals surface area contributed by atoms with Gasteiger partial charge in [-0.15, -0.1) is 11.8 Å². The molecule has 8 heteroatoms. The molecule has 2 amide bonds. The Labute approximate surface area is 222 Å². The minimum atomic E-state index is -0.909. The highest BCUT2D eigenvalue weighted by atomic mass is 32.2. The molecule has 0 aliphatic carbocycles. The number of fused-ring (bicyclic) bond motifs is 2. The lowest BCUT2D eigenvalue weighted by atomic mass is 9.78. The molecule has 6 atom stereocenters. The number of esters is 1. The van der Waals surface area contributed by atoms with Crippen LogP contribution >= 0.6 is 11.8 Å². The van der Waals surface area contributed by atoms with Crippen LogP contribution in [0.1, 0.15) is 50.6 Å². The summed E-state index contributed by atoms with van der Waals surface area (Å²) in [5.41, 5.74) is 0.769. The fourth-order valence-electron chi connectivity index (χ4n) is 6.36. The third kappa shape index (κ3) is 4.52. The van der Waals surface area contributed by atoms with Crippen molar-refractivity contribution in [1.29, 1.82) is 0 Å². The highest BCUT2D eigenvalue weighted by molar-refractivity contribution is 8.02. The maximum absolute atomic E-state index is 14.4. The highest BCUT2D eigenvalue weighted by Crippen LogP contribution is 2.61. The van der Waals surface area contributed by atoms with Crippen LogP contribution in [0.3, 0.4) is 0 Å². The summed E-state index contributed by atoms with van der Waals surface area (Å²) in [6, 6.07) is 7.87. The lowest BCUT2D eigenvalue weighted by Gasteiger charge is -2.38. The average Bonchev–Trinajstić information content (AvgIpc) is 3.32. The van der Waals surface area contributed by atoms with Gasteiger partial charge >= 0.3 is 5.97 Å². The van der Waals surface area contributed by atoms with Gasteiger partial charge in [-0.25, -0.2) is 0 Å². The van der Waals surface area contributed by atoms with Crippen molar-refractivity contribution in [2.75, 3.05) is 26.3 Å². The number of rotatable bonds is 7. The molecule has 0 bridgehead atoms. The van der Waals surface area contributed by atoms with Crippen LogP contribution in [0.25, 0.3) is 0 Å². The number of hydrogen-bond acceptors (Lipinski definition) is 6. The number of carbonyl (C=O) groups is 3. The first-order valence-electron chi connectivity index (χ1n) is 13.5. The lowest BCUT2D eigenvalue weighted by Crippen LogP contribution is -2.54. The van der Waals surface area contributed by atoms with Gasteiger partial charge in [-0.3, -0.25) is 14.4 Å². The van der Waals surface area contributed by atoms with Crippen molar-refractivity contribution in [2.24, 2.45) is 11.8 Å². The molecule has 0 saturated carbocycles. The molecule has 1 aromatic rings. The quantitative estimate of drug-likeness (QED) is 0.334. The van der Waals surface area contributed by atoms with Crippen LogP contribution in [-0.4, -0.2) is 75.0 Å². The fourth-order valence-corrected chi connectivity index (χ4v) is 8.35. The Morgan fingerprint density at radius 1 is 1.14 bits per heavy atom. The minimum Gasteiger partial charge on any atom is -0.465 e. The average molecular weight is 525 g/mol. The van der Waals surface area contributed by atoms with Crippen molar-refractivity contribution < 1.29 is 24.2 Å². The summed E-state index contributed by atoms with van der Waals surface area (Å²) in [7, 11) is 0. The van der Waals surface area contributed by atoms with Gasteiger partial charge < -0.3 is 19.6 Å². The summed E-state index contributed by atoms with van der Waals surface area (Å²) in [6.07, 6.45) is 12.6. The number of benzene rings is 1. The van der Waals surface area contributed by atoms with E-state index >= 15 is 0 Å². The molecule has 1 unspecified atom stereocenters. The summed E-state index contributed by atoms with van der Waals surface area (Å²) in [5.74, 6) is -2.16. The van der Waals surface area contributed by atoms with Crippen molar-refractivity contribution in [3.05, 3.63) is 60.2 Å². The van der Waals surface area contributed by atoms with E-state index in [2.05, 4.69) is 13.0 Å². The number of allylic oxidation sites excluding steroid dienone is 1. The third-order valence-corrected chi connectivity index (χ3v) is 9.84. The number of ether oxygens (including phenoxy) is 1. The number of cyclic esters (lactones) is 1. The predicted octanol–water partition coefficient (Wildman–Crippen LogP) is 3.50. The summed E-state index contributed by atoms with van der Waals surface area (Å²) < 4.78 is 4.72. The number of nitrogens with zero attached hydrogens (tertiary/aromatic N) is 2. The molecule has 2 fully saturated rings. The Bertz CT molecular complexity index is 1080. The molecule has 198 valence electrons. The normalized spacial score (nSPS) is 33.0. The summed E-state index contributed by atoms with van der Waals surface area (Å²) in [4.78, 5) is 45.5. The summed E-state index contributed by atoms with van der Waals surface area (Å²) in [5, 5.41) is 10.3. The number of amides is 2. The molecule has 4 aliphatic heterocycles. The Morgan fingerprint density at radius 2 is 1.95 bits per heavy atom. The summed E-state index contributed by atoms with van der Waals surface area (Å²) in [6.45, 7) is 3.22. The maximum atomic E-state index is 14.4. The van der Waals surface area contributed by atoms with E-state index in [4.69, 9.17) is 4.74 Å². The monoisotopic (exact) mass is 524 g/mol. The van der Waals surface area contributed by atoms with Gasteiger partial charge in [-0.05, 0) is 24.8 Å². The molecule has 5 rings (SSSR count). The van der Waals surface area contributed by atoms with E-state index in [0.29, 0.717) is 19.7 Å². The van der Waals surface area contributed by atoms with Gasteiger partial charge in [0.05, 0.1) is 35.8 Å². The van der Waals surface area contributed by atoms with Crippen LogP contribution in [0.15, 0.2) is 54.6 Å². The number of hydrogen-bond donors (Lipinski definition) is 1. The lowest BCUT2D eigenvalue weighted by molar-refractivity contribution is -0.153. The molecule has 4 aliphatic rings. The van der Waals surface area contributed by atoms with Crippen LogP contribution < -0.4 is 0 Å². The first-order valence-corrected chi connectivity index (χ1v) is 14.4. The van der Waals surface area contributed by atoms with E-state index in [9.17, 15) is 19.5 Å². The van der Waals surface area contributed by atoms with E-state index in [0.717, 1.165) is 37.7 Å². The second kappa shape index (κ2) is 11.0. The molecule has 2 saturated heterocycles. The second-order valence-electron chi connectivity index (χ2n) is 10.3. The van der Waals surface area contributed by atoms with Crippen LogP contribution in [0.5, 0.6) is 0 Å². The van der Waals surface area contributed by atoms with Crippen LogP contribution in [0, 0.1) is 11.8 Å². The SMILES string of the molecule is CCCCCN1CC=C[C@]23S[C@@H]4/C=C\CCCOC(=O)[C@@H]4[C@H]2C(=O)N([C@H](CO)c2ccccc2)C3C1=O. The van der Waals surface area contributed by atoms with Crippen molar-refractivity contribution >= 4 is 29.5 Å². The third-order valence-electron chi connectivity index (χ3n) is 8.10. The van der Waals surface area contributed by atoms with Crippen molar-refractivity contribution in [3.63, 3.8) is 0 Å². The summed E-state index contributed by atoms with van der Waals surface area (Å²) >= 11 is 1.54. The number of aliphatic hydroxyl groups is 1. The number of carbonyl (C=O) groups excluding carboxylic acids is 3. The predicted molar refractivity (Wildman–Crippen MR) is 143 cm³/mol.